The van der Waals surface area contributed by atoms with Gasteiger partial charge in [0.05, 0.1) is 26.1 Å². The number of hydrogen-bond acceptors (Lipinski definition) is 4. The van der Waals surface area contributed by atoms with Gasteiger partial charge < -0.3 is 14.8 Å². The van der Waals surface area contributed by atoms with Crippen LogP contribution in [-0.4, -0.2) is 19.2 Å². The maximum absolute atomic E-state index is 5.90. The first-order valence-electron chi connectivity index (χ1n) is 6.21. The van der Waals surface area contributed by atoms with Gasteiger partial charge in [0.25, 0.3) is 0 Å². The lowest BCUT2D eigenvalue weighted by Crippen LogP contribution is -2.01. The van der Waals surface area contributed by atoms with Gasteiger partial charge >= 0.3 is 0 Å². The van der Waals surface area contributed by atoms with Gasteiger partial charge in [0.15, 0.2) is 11.5 Å². The summed E-state index contributed by atoms with van der Waals surface area (Å²) in [5.74, 6) is 1.44. The van der Waals surface area contributed by atoms with Gasteiger partial charge in [0, 0.05) is 6.54 Å². The quantitative estimate of drug-likeness (QED) is 0.854. The molecular weight excluding hydrogens is 276 g/mol. The molecule has 0 aliphatic carbocycles. The van der Waals surface area contributed by atoms with Gasteiger partial charge in [-0.3, -0.25) is 0 Å². The van der Waals surface area contributed by atoms with Crippen molar-refractivity contribution in [3.8, 4) is 11.5 Å². The van der Waals surface area contributed by atoms with Crippen LogP contribution in [0.1, 0.15) is 11.1 Å². The van der Waals surface area contributed by atoms with Crippen LogP contribution in [0.25, 0.3) is 0 Å². The molecule has 1 N–H and O–H groups in total. The summed E-state index contributed by atoms with van der Waals surface area (Å²) in [6, 6.07) is 7.80. The molecule has 0 unspecified atom stereocenters. The molecule has 0 aliphatic heterocycles. The first-order chi connectivity index (χ1) is 9.63. The van der Waals surface area contributed by atoms with E-state index in [1.165, 1.54) is 0 Å². The van der Waals surface area contributed by atoms with E-state index in [9.17, 15) is 0 Å². The van der Waals surface area contributed by atoms with Crippen molar-refractivity contribution in [2.45, 2.75) is 13.5 Å². The number of halogens is 1. The Morgan fingerprint density at radius 1 is 1.15 bits per heavy atom. The number of aromatic nitrogens is 1. The van der Waals surface area contributed by atoms with Gasteiger partial charge in [-0.2, -0.15) is 0 Å². The summed E-state index contributed by atoms with van der Waals surface area (Å²) >= 11 is 5.90. The van der Waals surface area contributed by atoms with Crippen LogP contribution in [0.15, 0.2) is 30.5 Å². The van der Waals surface area contributed by atoms with Crippen molar-refractivity contribution < 1.29 is 9.47 Å². The summed E-state index contributed by atoms with van der Waals surface area (Å²) < 4.78 is 10.5. The third-order valence-electron chi connectivity index (χ3n) is 2.96. The van der Waals surface area contributed by atoms with Crippen LogP contribution in [0.5, 0.6) is 11.5 Å². The van der Waals surface area contributed by atoms with Crippen molar-refractivity contribution in [3.63, 3.8) is 0 Å². The molecule has 0 atom stereocenters. The predicted octanol–water partition coefficient (Wildman–Crippen LogP) is 3.67. The molecule has 0 amide bonds. The van der Waals surface area contributed by atoms with Gasteiger partial charge in [0.1, 0.15) is 5.15 Å². The molecule has 1 aromatic heterocycles. The molecule has 2 aromatic rings. The van der Waals surface area contributed by atoms with Gasteiger partial charge in [-0.15, -0.1) is 0 Å². The summed E-state index contributed by atoms with van der Waals surface area (Å²) in [5, 5.41) is 3.83. The Morgan fingerprint density at radius 2 is 1.90 bits per heavy atom. The molecule has 0 saturated heterocycles. The molecule has 0 bridgehead atoms. The maximum Gasteiger partial charge on any atom is 0.161 e. The second kappa shape index (κ2) is 6.48. The average molecular weight is 293 g/mol. The van der Waals surface area contributed by atoms with Crippen molar-refractivity contribution in [1.29, 1.82) is 0 Å². The maximum atomic E-state index is 5.90. The van der Waals surface area contributed by atoms with Crippen molar-refractivity contribution in [3.05, 3.63) is 46.7 Å². The van der Waals surface area contributed by atoms with Crippen LogP contribution in [0, 0.1) is 6.92 Å². The lowest BCUT2D eigenvalue weighted by Gasteiger charge is -2.11. The summed E-state index contributed by atoms with van der Waals surface area (Å²) in [5.41, 5.74) is 2.97. The third-order valence-corrected chi connectivity index (χ3v) is 3.35. The second-order valence-corrected chi connectivity index (χ2v) is 4.73. The number of nitrogens with zero attached hydrogens (tertiary/aromatic N) is 1. The Labute approximate surface area is 123 Å². The monoisotopic (exact) mass is 292 g/mol. The summed E-state index contributed by atoms with van der Waals surface area (Å²) in [6.07, 6.45) is 1.72. The number of ether oxygens (including phenoxy) is 2. The number of hydrogen-bond donors (Lipinski definition) is 1. The molecule has 1 heterocycles. The number of anilines is 1. The minimum atomic E-state index is 0.529. The highest BCUT2D eigenvalue weighted by atomic mass is 35.5. The molecule has 2 rings (SSSR count). The molecule has 0 fully saturated rings. The number of methoxy groups -OCH3 is 2. The van der Waals surface area contributed by atoms with E-state index in [1.54, 1.807) is 20.4 Å². The van der Waals surface area contributed by atoms with Crippen LogP contribution >= 0.6 is 11.6 Å². The largest absolute Gasteiger partial charge is 0.493 e. The lowest BCUT2D eigenvalue weighted by atomic mass is 10.2. The zero-order valence-corrected chi connectivity index (χ0v) is 12.5. The van der Waals surface area contributed by atoms with E-state index in [2.05, 4.69) is 10.3 Å². The zero-order valence-electron chi connectivity index (χ0n) is 11.7. The van der Waals surface area contributed by atoms with Crippen molar-refractivity contribution in [2.75, 3.05) is 19.5 Å². The van der Waals surface area contributed by atoms with E-state index in [0.29, 0.717) is 11.7 Å². The van der Waals surface area contributed by atoms with E-state index in [-0.39, 0.29) is 0 Å². The van der Waals surface area contributed by atoms with Gasteiger partial charge in [-0.05, 0) is 36.2 Å². The van der Waals surface area contributed by atoms with Crippen molar-refractivity contribution >= 4 is 17.3 Å². The molecule has 4 nitrogen and oxygen atoms in total. The fourth-order valence-electron chi connectivity index (χ4n) is 1.85. The van der Waals surface area contributed by atoms with E-state index in [0.717, 1.165) is 28.3 Å². The Hall–Kier alpha value is -1.94. The molecule has 0 radical (unpaired) electrons. The highest BCUT2D eigenvalue weighted by Gasteiger charge is 2.05. The highest BCUT2D eigenvalue weighted by molar-refractivity contribution is 6.30. The fraction of sp³-hybridized carbons (Fsp3) is 0.267. The minimum absolute atomic E-state index is 0.529. The predicted molar refractivity (Wildman–Crippen MR) is 80.9 cm³/mol. The minimum Gasteiger partial charge on any atom is -0.493 e. The summed E-state index contributed by atoms with van der Waals surface area (Å²) in [4.78, 5) is 4.11. The fourth-order valence-corrected chi connectivity index (χ4v) is 1.95. The molecule has 0 saturated carbocycles. The van der Waals surface area contributed by atoms with Crippen LogP contribution in [0.3, 0.4) is 0 Å². The summed E-state index contributed by atoms with van der Waals surface area (Å²) in [7, 11) is 3.25. The standard InChI is InChI=1S/C15H17ClN2O2/c1-10-6-12(9-18-15(10)16)17-8-11-4-5-13(19-2)14(7-11)20-3/h4-7,9,17H,8H2,1-3H3. The number of nitrogens with one attached hydrogen (secondary N) is 1. The average Bonchev–Trinajstić information content (AvgIpc) is 2.48. The van der Waals surface area contributed by atoms with Crippen molar-refractivity contribution in [1.82, 2.24) is 4.98 Å². The molecule has 20 heavy (non-hydrogen) atoms. The molecule has 5 heteroatoms. The lowest BCUT2D eigenvalue weighted by molar-refractivity contribution is 0.354. The van der Waals surface area contributed by atoms with Crippen molar-refractivity contribution in [2.24, 2.45) is 0 Å². The molecule has 106 valence electrons. The van der Waals surface area contributed by atoms with Crippen LogP contribution < -0.4 is 14.8 Å². The zero-order chi connectivity index (χ0) is 14.5. The second-order valence-electron chi connectivity index (χ2n) is 4.37. The third kappa shape index (κ3) is 3.33. The Bertz CT molecular complexity index is 602. The topological polar surface area (TPSA) is 43.4 Å². The number of aryl methyl sites for hydroxylation is 1. The van der Waals surface area contributed by atoms with Gasteiger partial charge in [-0.25, -0.2) is 4.98 Å². The number of pyridine rings is 1. The highest BCUT2D eigenvalue weighted by Crippen LogP contribution is 2.28. The Balaban J connectivity index is 2.08. The molecule has 0 aliphatic rings. The van der Waals surface area contributed by atoms with Crippen LogP contribution in [-0.2, 0) is 6.54 Å². The molecule has 1 aromatic carbocycles. The molecule has 0 spiro atoms. The number of rotatable bonds is 5. The Morgan fingerprint density at radius 3 is 2.55 bits per heavy atom. The van der Waals surface area contributed by atoms with Crippen LogP contribution in [0.2, 0.25) is 5.15 Å². The van der Waals surface area contributed by atoms with E-state index in [1.807, 2.05) is 31.2 Å². The smallest absolute Gasteiger partial charge is 0.161 e. The molecular formula is C15H17ClN2O2. The number of benzene rings is 1. The van der Waals surface area contributed by atoms with E-state index in [4.69, 9.17) is 21.1 Å². The first-order valence-corrected chi connectivity index (χ1v) is 6.58. The SMILES string of the molecule is COc1ccc(CNc2cnc(Cl)c(C)c2)cc1OC. The first kappa shape index (κ1) is 14.5. The summed E-state index contributed by atoms with van der Waals surface area (Å²) in [6.45, 7) is 2.60. The van der Waals surface area contributed by atoms with E-state index < -0.39 is 0 Å². The van der Waals surface area contributed by atoms with Gasteiger partial charge in [-0.1, -0.05) is 17.7 Å². The normalized spacial score (nSPS) is 10.2. The van der Waals surface area contributed by atoms with Crippen LogP contribution in [0.4, 0.5) is 5.69 Å². The Kier molecular flexibility index (Phi) is 4.69. The van der Waals surface area contributed by atoms with E-state index >= 15 is 0 Å². The van der Waals surface area contributed by atoms with Gasteiger partial charge in [0.2, 0.25) is 0 Å².